The Bertz CT molecular complexity index is 994. The molecule has 3 aromatic rings. The van der Waals surface area contributed by atoms with Crippen molar-refractivity contribution in [3.63, 3.8) is 0 Å². The molecule has 1 atom stereocenters. The Kier molecular flexibility index (Phi) is 5.15. The van der Waals surface area contributed by atoms with Crippen LogP contribution in [0.4, 0.5) is 5.69 Å². The highest BCUT2D eigenvalue weighted by molar-refractivity contribution is 5.95. The second-order valence-corrected chi connectivity index (χ2v) is 7.34. The summed E-state index contributed by atoms with van der Waals surface area (Å²) in [4.78, 5) is 26.5. The summed E-state index contributed by atoms with van der Waals surface area (Å²) < 4.78 is 5.57. The first-order chi connectivity index (χ1) is 13.6. The normalized spacial score (nSPS) is 16.7. The molecule has 1 fully saturated rings. The van der Waals surface area contributed by atoms with Crippen LogP contribution in [0.5, 0.6) is 0 Å². The number of aryl methyl sites for hydroxylation is 1. The number of nitrogens with zero attached hydrogens (tertiary/aromatic N) is 1. The largest absolute Gasteiger partial charge is 0.464 e. The van der Waals surface area contributed by atoms with Gasteiger partial charge in [-0.25, -0.2) is 0 Å². The van der Waals surface area contributed by atoms with Crippen molar-refractivity contribution in [2.45, 2.75) is 26.2 Å². The van der Waals surface area contributed by atoms with Crippen molar-refractivity contribution in [1.82, 2.24) is 5.32 Å². The Hall–Kier alpha value is -3.08. The van der Waals surface area contributed by atoms with Gasteiger partial charge in [0, 0.05) is 42.1 Å². The number of furan rings is 1. The summed E-state index contributed by atoms with van der Waals surface area (Å²) in [5.74, 6) is 0.193. The lowest BCUT2D eigenvalue weighted by Crippen LogP contribution is -2.32. The van der Waals surface area contributed by atoms with Crippen LogP contribution in [-0.4, -0.2) is 24.9 Å². The number of amides is 2. The summed E-state index contributed by atoms with van der Waals surface area (Å²) in [6, 6.07) is 15.8. The summed E-state index contributed by atoms with van der Waals surface area (Å²) in [5.41, 5.74) is 3.84. The molecule has 4 rings (SSSR count). The van der Waals surface area contributed by atoms with Crippen LogP contribution in [0.1, 0.15) is 24.5 Å². The van der Waals surface area contributed by atoms with Gasteiger partial charge in [-0.3, -0.25) is 9.59 Å². The lowest BCUT2D eigenvalue weighted by molar-refractivity contribution is -0.121. The van der Waals surface area contributed by atoms with Gasteiger partial charge in [0.2, 0.25) is 11.8 Å². The average molecular weight is 376 g/mol. The minimum Gasteiger partial charge on any atom is -0.464 e. The Morgan fingerprint density at radius 3 is 2.82 bits per heavy atom. The molecule has 28 heavy (non-hydrogen) atoms. The highest BCUT2D eigenvalue weighted by atomic mass is 16.3. The summed E-state index contributed by atoms with van der Waals surface area (Å²) in [7, 11) is 0. The number of hydrogen-bond donors (Lipinski definition) is 1. The van der Waals surface area contributed by atoms with Crippen molar-refractivity contribution in [3.05, 3.63) is 65.9 Å². The van der Waals surface area contributed by atoms with Gasteiger partial charge in [-0.05, 0) is 36.2 Å². The van der Waals surface area contributed by atoms with Gasteiger partial charge in [0.15, 0.2) is 0 Å². The van der Waals surface area contributed by atoms with E-state index in [4.69, 9.17) is 4.42 Å². The molecule has 1 aliphatic heterocycles. The van der Waals surface area contributed by atoms with E-state index in [1.54, 1.807) is 11.2 Å². The van der Waals surface area contributed by atoms with Gasteiger partial charge in [0.25, 0.3) is 0 Å². The number of nitrogens with one attached hydrogen (secondary N) is 1. The quantitative estimate of drug-likeness (QED) is 0.713. The molecule has 2 heterocycles. The number of hydrogen-bond acceptors (Lipinski definition) is 3. The Balaban J connectivity index is 1.35. The first kappa shape index (κ1) is 18.3. The zero-order valence-electron chi connectivity index (χ0n) is 16.0. The molecule has 2 aromatic carbocycles. The van der Waals surface area contributed by atoms with E-state index in [1.807, 2.05) is 42.5 Å². The van der Waals surface area contributed by atoms with Crippen LogP contribution in [0.15, 0.2) is 59.2 Å². The van der Waals surface area contributed by atoms with E-state index in [9.17, 15) is 9.59 Å². The van der Waals surface area contributed by atoms with E-state index in [1.165, 1.54) is 5.56 Å². The molecule has 5 heteroatoms. The second-order valence-electron chi connectivity index (χ2n) is 7.34. The third-order valence-electron chi connectivity index (χ3n) is 5.34. The summed E-state index contributed by atoms with van der Waals surface area (Å²) in [5, 5.41) is 3.99. The zero-order valence-corrected chi connectivity index (χ0v) is 16.0. The van der Waals surface area contributed by atoms with Crippen LogP contribution < -0.4 is 10.2 Å². The van der Waals surface area contributed by atoms with Crippen LogP contribution in [0.3, 0.4) is 0 Å². The maximum absolute atomic E-state index is 12.4. The predicted octanol–water partition coefficient (Wildman–Crippen LogP) is 3.71. The molecule has 1 aromatic heterocycles. The number of benzene rings is 2. The molecule has 144 valence electrons. The number of rotatable bonds is 6. The van der Waals surface area contributed by atoms with Crippen molar-refractivity contribution in [1.29, 1.82) is 0 Å². The smallest absolute Gasteiger partial charge is 0.227 e. The van der Waals surface area contributed by atoms with Gasteiger partial charge in [-0.1, -0.05) is 31.2 Å². The molecule has 0 spiro atoms. The molecular weight excluding hydrogens is 352 g/mol. The highest BCUT2D eigenvalue weighted by Gasteiger charge is 2.30. The summed E-state index contributed by atoms with van der Waals surface area (Å²) >= 11 is 0. The number of anilines is 1. The van der Waals surface area contributed by atoms with E-state index >= 15 is 0 Å². The molecule has 0 aliphatic carbocycles. The van der Waals surface area contributed by atoms with Gasteiger partial charge < -0.3 is 14.6 Å². The fourth-order valence-corrected chi connectivity index (χ4v) is 3.76. The number of para-hydroxylation sites is 1. The summed E-state index contributed by atoms with van der Waals surface area (Å²) in [6.45, 7) is 3.25. The van der Waals surface area contributed by atoms with Crippen LogP contribution in [0.25, 0.3) is 11.0 Å². The Labute approximate surface area is 164 Å². The first-order valence-corrected chi connectivity index (χ1v) is 9.75. The van der Waals surface area contributed by atoms with Crippen molar-refractivity contribution < 1.29 is 14.0 Å². The van der Waals surface area contributed by atoms with Crippen LogP contribution in [-0.2, 0) is 22.4 Å². The average Bonchev–Trinajstić information content (AvgIpc) is 3.30. The molecular formula is C23H24N2O3. The SMILES string of the molecule is CCc1ccc2occ(CC(=O)NCC3CC(=O)N(c4ccccc4)C3)c2c1. The van der Waals surface area contributed by atoms with E-state index in [2.05, 4.69) is 18.3 Å². The lowest BCUT2D eigenvalue weighted by Gasteiger charge is -2.16. The number of fused-ring (bicyclic) bond motifs is 1. The first-order valence-electron chi connectivity index (χ1n) is 9.75. The monoisotopic (exact) mass is 376 g/mol. The van der Waals surface area contributed by atoms with Crippen molar-refractivity contribution in [3.8, 4) is 0 Å². The second kappa shape index (κ2) is 7.89. The van der Waals surface area contributed by atoms with Gasteiger partial charge in [-0.2, -0.15) is 0 Å². The molecule has 5 nitrogen and oxygen atoms in total. The highest BCUT2D eigenvalue weighted by Crippen LogP contribution is 2.25. The molecule has 1 unspecified atom stereocenters. The maximum atomic E-state index is 12.4. The van der Waals surface area contributed by atoms with Crippen LogP contribution in [0, 0.1) is 5.92 Å². The third-order valence-corrected chi connectivity index (χ3v) is 5.34. The van der Waals surface area contributed by atoms with Gasteiger partial charge in [0.05, 0.1) is 12.7 Å². The van der Waals surface area contributed by atoms with Crippen molar-refractivity contribution in [2.24, 2.45) is 5.92 Å². The van der Waals surface area contributed by atoms with Crippen LogP contribution >= 0.6 is 0 Å². The van der Waals surface area contributed by atoms with Gasteiger partial charge in [-0.15, -0.1) is 0 Å². The van der Waals surface area contributed by atoms with Gasteiger partial charge >= 0.3 is 0 Å². The fraction of sp³-hybridized carbons (Fsp3) is 0.304. The standard InChI is InChI=1S/C23H24N2O3/c1-2-16-8-9-21-20(10-16)18(15-28-21)12-22(26)24-13-17-11-23(27)25(14-17)19-6-4-3-5-7-19/h3-10,15,17H,2,11-14H2,1H3,(H,24,26). The summed E-state index contributed by atoms with van der Waals surface area (Å²) in [6.07, 6.45) is 3.35. The molecule has 2 amide bonds. The third kappa shape index (κ3) is 3.79. The minimum absolute atomic E-state index is 0.0461. The lowest BCUT2D eigenvalue weighted by atomic mass is 10.1. The molecule has 0 saturated carbocycles. The number of carbonyl (C=O) groups excluding carboxylic acids is 2. The van der Waals surface area contributed by atoms with E-state index in [-0.39, 0.29) is 24.2 Å². The van der Waals surface area contributed by atoms with E-state index in [0.717, 1.165) is 28.6 Å². The zero-order chi connectivity index (χ0) is 19.5. The molecule has 1 aliphatic rings. The molecule has 0 radical (unpaired) electrons. The fourth-order valence-electron chi connectivity index (χ4n) is 3.76. The Morgan fingerprint density at radius 2 is 2.04 bits per heavy atom. The Morgan fingerprint density at radius 1 is 1.21 bits per heavy atom. The van der Waals surface area contributed by atoms with Gasteiger partial charge in [0.1, 0.15) is 5.58 Å². The van der Waals surface area contributed by atoms with Crippen molar-refractivity contribution in [2.75, 3.05) is 18.0 Å². The van der Waals surface area contributed by atoms with Crippen molar-refractivity contribution >= 4 is 28.5 Å². The maximum Gasteiger partial charge on any atom is 0.227 e. The minimum atomic E-state index is -0.0461. The van der Waals surface area contributed by atoms with E-state index in [0.29, 0.717) is 19.5 Å². The van der Waals surface area contributed by atoms with E-state index < -0.39 is 0 Å². The van der Waals surface area contributed by atoms with Crippen LogP contribution in [0.2, 0.25) is 0 Å². The predicted molar refractivity (Wildman–Crippen MR) is 109 cm³/mol. The molecule has 0 bridgehead atoms. The molecule has 1 saturated heterocycles. The molecule has 1 N–H and O–H groups in total. The topological polar surface area (TPSA) is 62.6 Å². The number of carbonyl (C=O) groups is 2.